The second-order valence-corrected chi connectivity index (χ2v) is 6.81. The lowest BCUT2D eigenvalue weighted by Crippen LogP contribution is -2.40. The normalized spacial score (nSPS) is 10.9. The third-order valence-corrected chi connectivity index (χ3v) is 4.62. The third kappa shape index (κ3) is 7.57. The zero-order valence-electron chi connectivity index (χ0n) is 16.7. The van der Waals surface area contributed by atoms with Crippen LogP contribution < -0.4 is 5.32 Å². The molecule has 27 heavy (non-hydrogen) atoms. The molecule has 1 N–H and O–H groups in total. The van der Waals surface area contributed by atoms with Crippen LogP contribution in [0.2, 0.25) is 0 Å². The van der Waals surface area contributed by atoms with Crippen molar-refractivity contribution >= 4 is 5.91 Å². The van der Waals surface area contributed by atoms with Crippen molar-refractivity contribution in [3.8, 4) is 0 Å². The molecule has 1 aromatic heterocycles. The van der Waals surface area contributed by atoms with Crippen LogP contribution in [0, 0.1) is 0 Å². The lowest BCUT2D eigenvalue weighted by atomic mass is 10.2. The van der Waals surface area contributed by atoms with Gasteiger partial charge in [0.25, 0.3) is 0 Å². The van der Waals surface area contributed by atoms with E-state index in [4.69, 9.17) is 4.74 Å². The van der Waals surface area contributed by atoms with Gasteiger partial charge >= 0.3 is 0 Å². The highest BCUT2D eigenvalue weighted by Gasteiger charge is 2.15. The van der Waals surface area contributed by atoms with E-state index < -0.39 is 0 Å². The summed E-state index contributed by atoms with van der Waals surface area (Å²) in [6.07, 6.45) is 5.57. The molecule has 5 nitrogen and oxygen atoms in total. The average Bonchev–Trinajstić information content (AvgIpc) is 3.12. The van der Waals surface area contributed by atoms with E-state index in [2.05, 4.69) is 53.3 Å². The van der Waals surface area contributed by atoms with Crippen LogP contribution in [0.15, 0.2) is 48.7 Å². The Bertz CT molecular complexity index is 655. The predicted molar refractivity (Wildman–Crippen MR) is 110 cm³/mol. The fourth-order valence-corrected chi connectivity index (χ4v) is 3.02. The maximum absolute atomic E-state index is 12.7. The molecule has 2 aromatic rings. The van der Waals surface area contributed by atoms with E-state index in [0.717, 1.165) is 25.2 Å². The molecule has 2 rings (SSSR count). The molecule has 0 fully saturated rings. The van der Waals surface area contributed by atoms with Crippen LogP contribution >= 0.6 is 0 Å². The second kappa shape index (κ2) is 12.3. The molecule has 0 unspecified atom stereocenters. The van der Waals surface area contributed by atoms with Crippen molar-refractivity contribution in [1.29, 1.82) is 0 Å². The zero-order chi connectivity index (χ0) is 19.3. The number of hydrogen-bond donors (Lipinski definition) is 1. The number of benzene rings is 1. The quantitative estimate of drug-likeness (QED) is 0.550. The molecule has 0 saturated heterocycles. The minimum atomic E-state index is 0.121. The Morgan fingerprint density at radius 2 is 1.96 bits per heavy atom. The van der Waals surface area contributed by atoms with E-state index in [1.165, 1.54) is 18.4 Å². The average molecular weight is 372 g/mol. The molecule has 148 valence electrons. The van der Waals surface area contributed by atoms with Crippen molar-refractivity contribution in [3.63, 3.8) is 0 Å². The topological polar surface area (TPSA) is 46.5 Å². The molecule has 0 aliphatic rings. The first-order chi connectivity index (χ1) is 13.2. The molecule has 5 heteroatoms. The maximum Gasteiger partial charge on any atom is 0.236 e. The summed E-state index contributed by atoms with van der Waals surface area (Å²) < 4.78 is 7.41. The van der Waals surface area contributed by atoms with Crippen molar-refractivity contribution in [3.05, 3.63) is 59.9 Å². The van der Waals surface area contributed by atoms with Crippen molar-refractivity contribution in [2.45, 2.75) is 39.3 Å². The summed E-state index contributed by atoms with van der Waals surface area (Å²) in [6.45, 7) is 6.00. The fourth-order valence-electron chi connectivity index (χ4n) is 3.02. The maximum atomic E-state index is 12.7. The van der Waals surface area contributed by atoms with Gasteiger partial charge in [-0.1, -0.05) is 50.1 Å². The number of hydrogen-bond acceptors (Lipinski definition) is 3. The number of methoxy groups -OCH3 is 1. The van der Waals surface area contributed by atoms with Gasteiger partial charge in [0.2, 0.25) is 5.91 Å². The van der Waals surface area contributed by atoms with Crippen molar-refractivity contribution in [2.75, 3.05) is 33.4 Å². The molecule has 0 radical (unpaired) electrons. The SMILES string of the molecule is CCCCCNCC(=O)N(CCOC)Cc1cccn1Cc1ccccc1. The number of carbonyl (C=O) groups is 1. The van der Waals surface area contributed by atoms with Crippen molar-refractivity contribution in [1.82, 2.24) is 14.8 Å². The molecule has 1 aromatic carbocycles. The van der Waals surface area contributed by atoms with Gasteiger partial charge in [0, 0.05) is 32.1 Å². The Morgan fingerprint density at radius 1 is 1.15 bits per heavy atom. The van der Waals surface area contributed by atoms with E-state index in [1.54, 1.807) is 7.11 Å². The van der Waals surface area contributed by atoms with Gasteiger partial charge in [-0.2, -0.15) is 0 Å². The molecule has 0 aliphatic heterocycles. The minimum Gasteiger partial charge on any atom is -0.383 e. The number of unbranched alkanes of at least 4 members (excludes halogenated alkanes) is 2. The zero-order valence-corrected chi connectivity index (χ0v) is 16.7. The van der Waals surface area contributed by atoms with Gasteiger partial charge < -0.3 is 19.5 Å². The molecule has 0 spiro atoms. The largest absolute Gasteiger partial charge is 0.383 e. The first kappa shape index (κ1) is 21.2. The van der Waals surface area contributed by atoms with Crippen molar-refractivity contribution in [2.24, 2.45) is 0 Å². The molecule has 0 saturated carbocycles. The summed E-state index contributed by atoms with van der Waals surface area (Å²) in [5, 5.41) is 3.27. The molecule has 1 amide bonds. The monoisotopic (exact) mass is 371 g/mol. The number of ether oxygens (including phenoxy) is 1. The van der Waals surface area contributed by atoms with Gasteiger partial charge in [-0.25, -0.2) is 0 Å². The van der Waals surface area contributed by atoms with Gasteiger partial charge in [-0.15, -0.1) is 0 Å². The van der Waals surface area contributed by atoms with Crippen LogP contribution in [-0.4, -0.2) is 48.7 Å². The molecule has 0 aliphatic carbocycles. The van der Waals surface area contributed by atoms with E-state index in [-0.39, 0.29) is 5.91 Å². The number of rotatable bonds is 13. The lowest BCUT2D eigenvalue weighted by Gasteiger charge is -2.23. The molecule has 0 bridgehead atoms. The van der Waals surface area contributed by atoms with Gasteiger partial charge in [-0.3, -0.25) is 4.79 Å². The summed E-state index contributed by atoms with van der Waals surface area (Å²) in [6, 6.07) is 14.5. The van der Waals surface area contributed by atoms with Crippen LogP contribution in [-0.2, 0) is 22.6 Å². The Labute approximate surface area is 163 Å². The highest BCUT2D eigenvalue weighted by atomic mass is 16.5. The van der Waals surface area contributed by atoms with Crippen LogP contribution in [0.5, 0.6) is 0 Å². The Balaban J connectivity index is 1.95. The number of nitrogens with one attached hydrogen (secondary N) is 1. The lowest BCUT2D eigenvalue weighted by molar-refractivity contribution is -0.131. The van der Waals surface area contributed by atoms with Gasteiger partial charge in [0.1, 0.15) is 0 Å². The molecular weight excluding hydrogens is 338 g/mol. The molecule has 1 heterocycles. The van der Waals surface area contributed by atoms with E-state index >= 15 is 0 Å². The number of aromatic nitrogens is 1. The Kier molecular flexibility index (Phi) is 9.66. The molecule has 0 atom stereocenters. The van der Waals surface area contributed by atoms with E-state index in [9.17, 15) is 4.79 Å². The summed E-state index contributed by atoms with van der Waals surface area (Å²) in [4.78, 5) is 14.6. The highest BCUT2D eigenvalue weighted by molar-refractivity contribution is 5.78. The summed E-state index contributed by atoms with van der Waals surface area (Å²) in [5.41, 5.74) is 2.39. The minimum absolute atomic E-state index is 0.121. The first-order valence-corrected chi connectivity index (χ1v) is 9.90. The van der Waals surface area contributed by atoms with Crippen LogP contribution in [0.4, 0.5) is 0 Å². The third-order valence-electron chi connectivity index (χ3n) is 4.62. The number of amides is 1. The van der Waals surface area contributed by atoms with E-state index in [1.807, 2.05) is 17.0 Å². The summed E-state index contributed by atoms with van der Waals surface area (Å²) in [5.74, 6) is 0.121. The second-order valence-electron chi connectivity index (χ2n) is 6.81. The van der Waals surface area contributed by atoms with Crippen molar-refractivity contribution < 1.29 is 9.53 Å². The highest BCUT2D eigenvalue weighted by Crippen LogP contribution is 2.11. The first-order valence-electron chi connectivity index (χ1n) is 9.90. The summed E-state index contributed by atoms with van der Waals surface area (Å²) >= 11 is 0. The number of carbonyl (C=O) groups excluding carboxylic acids is 1. The molecular formula is C22H33N3O2. The number of nitrogens with zero attached hydrogens (tertiary/aromatic N) is 2. The van der Waals surface area contributed by atoms with Crippen LogP contribution in [0.3, 0.4) is 0 Å². The standard InChI is InChI=1S/C22H33N3O2/c1-3-4-8-13-23-17-22(26)25(15-16-27-2)19-21-12-9-14-24(21)18-20-10-6-5-7-11-20/h5-7,9-12,14,23H,3-4,8,13,15-19H2,1-2H3. The van der Waals surface area contributed by atoms with Crippen LogP contribution in [0.25, 0.3) is 0 Å². The Morgan fingerprint density at radius 3 is 2.70 bits per heavy atom. The summed E-state index contributed by atoms with van der Waals surface area (Å²) in [7, 11) is 1.67. The Hall–Kier alpha value is -2.11. The smallest absolute Gasteiger partial charge is 0.236 e. The van der Waals surface area contributed by atoms with Gasteiger partial charge in [-0.05, 0) is 30.7 Å². The van der Waals surface area contributed by atoms with Gasteiger partial charge in [0.05, 0.1) is 19.7 Å². The fraction of sp³-hybridized carbons (Fsp3) is 0.500. The van der Waals surface area contributed by atoms with E-state index in [0.29, 0.717) is 26.2 Å². The predicted octanol–water partition coefficient (Wildman–Crippen LogP) is 3.29. The van der Waals surface area contributed by atoms with Gasteiger partial charge in [0.15, 0.2) is 0 Å². The van der Waals surface area contributed by atoms with Crippen LogP contribution in [0.1, 0.15) is 37.4 Å².